The lowest BCUT2D eigenvalue weighted by Gasteiger charge is -2.26. The molecular weight excluding hydrogens is 200 g/mol. The van der Waals surface area contributed by atoms with Crippen LogP contribution in [0.2, 0.25) is 0 Å². The summed E-state index contributed by atoms with van der Waals surface area (Å²) in [4.78, 5) is 1.09. The minimum Gasteiger partial charge on any atom is -0.143 e. The Morgan fingerprint density at radius 1 is 0.867 bits per heavy atom. The molecular formula is C14H22S. The van der Waals surface area contributed by atoms with Gasteiger partial charge in [-0.1, -0.05) is 53.7 Å². The van der Waals surface area contributed by atoms with Crippen molar-refractivity contribution in [2.24, 2.45) is 0 Å². The third-order valence-corrected chi connectivity index (χ3v) is 3.06. The van der Waals surface area contributed by atoms with Crippen LogP contribution in [-0.2, 0) is 10.8 Å². The van der Waals surface area contributed by atoms with Crippen molar-refractivity contribution in [3.8, 4) is 0 Å². The molecule has 0 saturated carbocycles. The normalized spacial score (nSPS) is 13.0. The summed E-state index contributed by atoms with van der Waals surface area (Å²) < 4.78 is 0. The lowest BCUT2D eigenvalue weighted by atomic mass is 9.81. The van der Waals surface area contributed by atoms with Gasteiger partial charge in [0.1, 0.15) is 0 Å². The third kappa shape index (κ3) is 3.01. The predicted molar refractivity (Wildman–Crippen MR) is 71.1 cm³/mol. The van der Waals surface area contributed by atoms with E-state index < -0.39 is 0 Å². The number of benzene rings is 1. The first kappa shape index (κ1) is 12.6. The summed E-state index contributed by atoms with van der Waals surface area (Å²) in [6.07, 6.45) is 0. The third-order valence-electron chi connectivity index (χ3n) is 2.67. The van der Waals surface area contributed by atoms with Crippen LogP contribution in [0.4, 0.5) is 0 Å². The standard InChI is InChI=1S/C14H22S/c1-13(2,3)10-7-8-12(15)11(9-10)14(4,5)6/h7-9,15H,1-6H3. The van der Waals surface area contributed by atoms with E-state index in [0.29, 0.717) is 0 Å². The fourth-order valence-electron chi connectivity index (χ4n) is 1.60. The first-order chi connectivity index (χ1) is 6.62. The van der Waals surface area contributed by atoms with Crippen molar-refractivity contribution in [3.63, 3.8) is 0 Å². The highest BCUT2D eigenvalue weighted by Crippen LogP contribution is 2.32. The van der Waals surface area contributed by atoms with Gasteiger partial charge in [0, 0.05) is 4.90 Å². The van der Waals surface area contributed by atoms with Crippen LogP contribution in [0, 0.1) is 0 Å². The summed E-state index contributed by atoms with van der Waals surface area (Å²) in [6.45, 7) is 13.4. The van der Waals surface area contributed by atoms with Gasteiger partial charge in [0.2, 0.25) is 0 Å². The van der Waals surface area contributed by atoms with Gasteiger partial charge in [-0.05, 0) is 28.0 Å². The Bertz CT molecular complexity index is 351. The minimum absolute atomic E-state index is 0.165. The minimum atomic E-state index is 0.165. The first-order valence-corrected chi connectivity index (χ1v) is 5.91. The molecule has 0 heterocycles. The summed E-state index contributed by atoms with van der Waals surface area (Å²) in [5.41, 5.74) is 3.09. The van der Waals surface area contributed by atoms with Crippen LogP contribution < -0.4 is 0 Å². The summed E-state index contributed by atoms with van der Waals surface area (Å²) in [7, 11) is 0. The van der Waals surface area contributed by atoms with E-state index in [0.717, 1.165) is 4.90 Å². The van der Waals surface area contributed by atoms with Gasteiger partial charge in [0.05, 0.1) is 0 Å². The topological polar surface area (TPSA) is 0 Å². The molecule has 0 saturated heterocycles. The molecule has 0 aromatic heterocycles. The van der Waals surface area contributed by atoms with Crippen LogP contribution in [0.5, 0.6) is 0 Å². The quantitative estimate of drug-likeness (QED) is 0.611. The maximum atomic E-state index is 4.53. The number of hydrogen-bond donors (Lipinski definition) is 1. The van der Waals surface area contributed by atoms with Crippen molar-refractivity contribution in [1.29, 1.82) is 0 Å². The monoisotopic (exact) mass is 222 g/mol. The molecule has 0 aliphatic heterocycles. The highest BCUT2D eigenvalue weighted by Gasteiger charge is 2.20. The van der Waals surface area contributed by atoms with Crippen LogP contribution >= 0.6 is 12.6 Å². The van der Waals surface area contributed by atoms with Gasteiger partial charge >= 0.3 is 0 Å². The van der Waals surface area contributed by atoms with E-state index >= 15 is 0 Å². The summed E-state index contributed by atoms with van der Waals surface area (Å²) in [5, 5.41) is 0. The lowest BCUT2D eigenvalue weighted by Crippen LogP contribution is -2.16. The zero-order valence-corrected chi connectivity index (χ0v) is 11.6. The molecule has 1 heteroatoms. The van der Waals surface area contributed by atoms with Gasteiger partial charge in [0.25, 0.3) is 0 Å². The van der Waals surface area contributed by atoms with Crippen LogP contribution in [-0.4, -0.2) is 0 Å². The van der Waals surface area contributed by atoms with E-state index in [-0.39, 0.29) is 10.8 Å². The van der Waals surface area contributed by atoms with Gasteiger partial charge < -0.3 is 0 Å². The number of thiol groups is 1. The SMILES string of the molecule is CC(C)(C)c1ccc(S)c(C(C)(C)C)c1. The van der Waals surface area contributed by atoms with Crippen molar-refractivity contribution >= 4 is 12.6 Å². The second kappa shape index (κ2) is 3.86. The molecule has 1 aromatic carbocycles. The van der Waals surface area contributed by atoms with Crippen molar-refractivity contribution in [2.75, 3.05) is 0 Å². The van der Waals surface area contributed by atoms with Crippen LogP contribution in [0.25, 0.3) is 0 Å². The molecule has 1 rings (SSSR count). The average Bonchev–Trinajstić information content (AvgIpc) is 2.00. The summed E-state index contributed by atoms with van der Waals surface area (Å²) in [6, 6.07) is 6.59. The van der Waals surface area contributed by atoms with E-state index in [4.69, 9.17) is 0 Å². The Labute approximate surface area is 99.5 Å². The largest absolute Gasteiger partial charge is 0.143 e. The maximum absolute atomic E-state index is 4.53. The summed E-state index contributed by atoms with van der Waals surface area (Å²) in [5.74, 6) is 0. The molecule has 1 aromatic rings. The van der Waals surface area contributed by atoms with E-state index in [1.807, 2.05) is 0 Å². The highest BCUT2D eigenvalue weighted by atomic mass is 32.1. The molecule has 15 heavy (non-hydrogen) atoms. The fourth-order valence-corrected chi connectivity index (χ4v) is 2.08. The van der Waals surface area contributed by atoms with E-state index in [1.165, 1.54) is 11.1 Å². The Hall–Kier alpha value is -0.430. The number of rotatable bonds is 0. The van der Waals surface area contributed by atoms with Crippen molar-refractivity contribution in [1.82, 2.24) is 0 Å². The van der Waals surface area contributed by atoms with Gasteiger partial charge in [0.15, 0.2) is 0 Å². The Balaban J connectivity index is 3.30. The molecule has 0 amide bonds. The fraction of sp³-hybridized carbons (Fsp3) is 0.571. The van der Waals surface area contributed by atoms with Crippen molar-refractivity contribution < 1.29 is 0 Å². The van der Waals surface area contributed by atoms with Gasteiger partial charge in [-0.3, -0.25) is 0 Å². The van der Waals surface area contributed by atoms with Crippen molar-refractivity contribution in [3.05, 3.63) is 29.3 Å². The molecule has 84 valence electrons. The van der Waals surface area contributed by atoms with Gasteiger partial charge in [-0.2, -0.15) is 0 Å². The molecule has 0 unspecified atom stereocenters. The number of hydrogen-bond acceptors (Lipinski definition) is 1. The zero-order valence-electron chi connectivity index (χ0n) is 10.7. The second-order valence-electron chi connectivity index (χ2n) is 6.23. The maximum Gasteiger partial charge on any atom is 0.00775 e. The lowest BCUT2D eigenvalue weighted by molar-refractivity contribution is 0.560. The van der Waals surface area contributed by atoms with Crippen LogP contribution in [0.1, 0.15) is 52.7 Å². The second-order valence-corrected chi connectivity index (χ2v) is 6.71. The van der Waals surface area contributed by atoms with Crippen molar-refractivity contribution in [2.45, 2.75) is 57.3 Å². The molecule has 0 aliphatic rings. The van der Waals surface area contributed by atoms with E-state index in [1.54, 1.807) is 0 Å². The molecule has 0 radical (unpaired) electrons. The zero-order chi connectivity index (χ0) is 11.9. The first-order valence-electron chi connectivity index (χ1n) is 5.46. The molecule has 0 bridgehead atoms. The average molecular weight is 222 g/mol. The predicted octanol–water partition coefficient (Wildman–Crippen LogP) is 4.57. The van der Waals surface area contributed by atoms with Gasteiger partial charge in [-0.15, -0.1) is 12.6 Å². The molecule has 0 spiro atoms. The Kier molecular flexibility index (Phi) is 3.25. The molecule has 0 fully saturated rings. The van der Waals surface area contributed by atoms with Crippen LogP contribution in [0.15, 0.2) is 23.1 Å². The molecule has 0 atom stereocenters. The Morgan fingerprint density at radius 3 is 1.80 bits per heavy atom. The van der Waals surface area contributed by atoms with E-state index in [9.17, 15) is 0 Å². The molecule has 0 N–H and O–H groups in total. The summed E-state index contributed by atoms with van der Waals surface area (Å²) >= 11 is 4.53. The highest BCUT2D eigenvalue weighted by molar-refractivity contribution is 7.80. The molecule has 0 aliphatic carbocycles. The smallest absolute Gasteiger partial charge is 0.00775 e. The molecule has 0 nitrogen and oxygen atoms in total. The van der Waals surface area contributed by atoms with E-state index in [2.05, 4.69) is 72.4 Å². The van der Waals surface area contributed by atoms with Gasteiger partial charge in [-0.25, -0.2) is 0 Å². The Morgan fingerprint density at radius 2 is 1.40 bits per heavy atom. The van der Waals surface area contributed by atoms with Crippen LogP contribution in [0.3, 0.4) is 0 Å².